The molecule has 0 saturated heterocycles. The maximum absolute atomic E-state index is 12.2. The zero-order valence-corrected chi connectivity index (χ0v) is 19.4. The minimum absolute atomic E-state index is 0.145. The van der Waals surface area contributed by atoms with Crippen LogP contribution >= 0.6 is 11.6 Å². The molecule has 2 aromatic carbocycles. The maximum Gasteiger partial charge on any atom is 0.244 e. The minimum atomic E-state index is -0.145. The summed E-state index contributed by atoms with van der Waals surface area (Å²) >= 11 is 6.00. The van der Waals surface area contributed by atoms with Gasteiger partial charge in [-0.15, -0.1) is 0 Å². The third kappa shape index (κ3) is 6.62. The number of aromatic nitrogens is 2. The van der Waals surface area contributed by atoms with E-state index >= 15 is 0 Å². The summed E-state index contributed by atoms with van der Waals surface area (Å²) in [6.45, 7) is 5.50. The van der Waals surface area contributed by atoms with Gasteiger partial charge in [-0.3, -0.25) is 9.48 Å². The van der Waals surface area contributed by atoms with E-state index < -0.39 is 0 Å². The van der Waals surface area contributed by atoms with Gasteiger partial charge in [0.05, 0.1) is 17.8 Å². The molecule has 0 unspecified atom stereocenters. The number of amides is 1. The van der Waals surface area contributed by atoms with Gasteiger partial charge in [0.15, 0.2) is 0 Å². The smallest absolute Gasteiger partial charge is 0.244 e. The SMILES string of the molecule is COc1ccc(/C=C/C(=O)NCCCn2cc(Cl)c(C)n2)cc1COc1ccccc1C. The maximum atomic E-state index is 12.2. The summed E-state index contributed by atoms with van der Waals surface area (Å²) in [5, 5.41) is 7.84. The van der Waals surface area contributed by atoms with E-state index in [1.165, 1.54) is 6.08 Å². The van der Waals surface area contributed by atoms with Crippen molar-refractivity contribution in [2.24, 2.45) is 0 Å². The van der Waals surface area contributed by atoms with Crippen LogP contribution in [-0.2, 0) is 17.9 Å². The molecule has 168 valence electrons. The van der Waals surface area contributed by atoms with Crippen LogP contribution in [0.1, 0.15) is 28.8 Å². The Morgan fingerprint density at radius 3 is 2.72 bits per heavy atom. The molecule has 0 aliphatic heterocycles. The van der Waals surface area contributed by atoms with Gasteiger partial charge in [-0.1, -0.05) is 35.9 Å². The van der Waals surface area contributed by atoms with Crippen molar-refractivity contribution in [2.75, 3.05) is 13.7 Å². The number of nitrogens with one attached hydrogen (secondary N) is 1. The largest absolute Gasteiger partial charge is 0.496 e. The van der Waals surface area contributed by atoms with Gasteiger partial charge in [0.1, 0.15) is 18.1 Å². The molecule has 0 atom stereocenters. The Labute approximate surface area is 193 Å². The lowest BCUT2D eigenvalue weighted by Gasteiger charge is -2.12. The zero-order chi connectivity index (χ0) is 22.9. The molecule has 3 aromatic rings. The Hall–Kier alpha value is -3.25. The van der Waals surface area contributed by atoms with E-state index in [0.29, 0.717) is 24.7 Å². The summed E-state index contributed by atoms with van der Waals surface area (Å²) in [6, 6.07) is 13.6. The van der Waals surface area contributed by atoms with Gasteiger partial charge in [0, 0.05) is 30.9 Å². The number of carbonyl (C=O) groups excluding carboxylic acids is 1. The first-order valence-corrected chi connectivity index (χ1v) is 10.8. The number of hydrogen-bond donors (Lipinski definition) is 1. The first kappa shape index (κ1) is 23.4. The summed E-state index contributed by atoms with van der Waals surface area (Å²) in [4.78, 5) is 12.2. The fourth-order valence-electron chi connectivity index (χ4n) is 3.18. The summed E-state index contributed by atoms with van der Waals surface area (Å²) in [7, 11) is 1.63. The molecule has 0 aliphatic carbocycles. The van der Waals surface area contributed by atoms with Gasteiger partial charge < -0.3 is 14.8 Å². The molecule has 0 saturated carbocycles. The average Bonchev–Trinajstić information content (AvgIpc) is 3.11. The first-order chi connectivity index (χ1) is 15.5. The van der Waals surface area contributed by atoms with Crippen LogP contribution in [-0.4, -0.2) is 29.3 Å². The van der Waals surface area contributed by atoms with Crippen LogP contribution in [0.15, 0.2) is 54.7 Å². The second-order valence-corrected chi connectivity index (χ2v) is 7.84. The fourth-order valence-corrected chi connectivity index (χ4v) is 3.33. The summed E-state index contributed by atoms with van der Waals surface area (Å²) < 4.78 is 13.2. The standard InChI is InChI=1S/C25H28ClN3O3/c1-18-7-4-5-8-23(18)32-17-21-15-20(9-11-24(21)31-3)10-12-25(30)27-13-6-14-29-16-22(26)19(2)28-29/h4-5,7-12,15-16H,6,13-14,17H2,1-3H3,(H,27,30)/b12-10+. The van der Waals surface area contributed by atoms with Gasteiger partial charge in [0.2, 0.25) is 5.91 Å². The molecule has 1 amide bonds. The molecule has 0 aliphatic rings. The quantitative estimate of drug-likeness (QED) is 0.348. The van der Waals surface area contributed by atoms with E-state index in [2.05, 4.69) is 10.4 Å². The zero-order valence-electron chi connectivity index (χ0n) is 18.6. The molecule has 0 bridgehead atoms. The van der Waals surface area contributed by atoms with Crippen LogP contribution in [0.2, 0.25) is 5.02 Å². The number of carbonyl (C=O) groups is 1. The molecule has 1 heterocycles. The normalized spacial score (nSPS) is 11.0. The molecule has 0 spiro atoms. The lowest BCUT2D eigenvalue weighted by molar-refractivity contribution is -0.116. The molecule has 1 aromatic heterocycles. The number of methoxy groups -OCH3 is 1. The lowest BCUT2D eigenvalue weighted by Crippen LogP contribution is -2.23. The van der Waals surface area contributed by atoms with Crippen molar-refractivity contribution in [3.8, 4) is 11.5 Å². The molecule has 6 nitrogen and oxygen atoms in total. The second-order valence-electron chi connectivity index (χ2n) is 7.43. The highest BCUT2D eigenvalue weighted by atomic mass is 35.5. The van der Waals surface area contributed by atoms with Gasteiger partial charge in [-0.2, -0.15) is 5.10 Å². The molecule has 1 N–H and O–H groups in total. The number of ether oxygens (including phenoxy) is 2. The minimum Gasteiger partial charge on any atom is -0.496 e. The topological polar surface area (TPSA) is 65.4 Å². The Morgan fingerprint density at radius 2 is 2.00 bits per heavy atom. The monoisotopic (exact) mass is 453 g/mol. The van der Waals surface area contributed by atoms with E-state index in [1.807, 2.05) is 56.3 Å². The highest BCUT2D eigenvalue weighted by molar-refractivity contribution is 6.31. The van der Waals surface area contributed by atoms with E-state index in [1.54, 1.807) is 24.1 Å². The van der Waals surface area contributed by atoms with E-state index in [4.69, 9.17) is 21.1 Å². The van der Waals surface area contributed by atoms with Crippen LogP contribution < -0.4 is 14.8 Å². The van der Waals surface area contributed by atoms with Crippen molar-refractivity contribution in [3.05, 3.63) is 82.1 Å². The third-order valence-corrected chi connectivity index (χ3v) is 5.33. The van der Waals surface area contributed by atoms with Crippen molar-refractivity contribution >= 4 is 23.6 Å². The van der Waals surface area contributed by atoms with Crippen LogP contribution in [0.4, 0.5) is 0 Å². The second kappa shape index (κ2) is 11.4. The Morgan fingerprint density at radius 1 is 1.19 bits per heavy atom. The van der Waals surface area contributed by atoms with Crippen LogP contribution in [0.3, 0.4) is 0 Å². The highest BCUT2D eigenvalue weighted by Crippen LogP contribution is 2.24. The van der Waals surface area contributed by atoms with Gasteiger partial charge in [-0.05, 0) is 55.7 Å². The molecule has 0 fully saturated rings. The van der Waals surface area contributed by atoms with Crippen molar-refractivity contribution in [1.82, 2.24) is 15.1 Å². The first-order valence-electron chi connectivity index (χ1n) is 10.5. The number of halogens is 1. The number of hydrogen-bond acceptors (Lipinski definition) is 4. The fraction of sp³-hybridized carbons (Fsp3) is 0.280. The highest BCUT2D eigenvalue weighted by Gasteiger charge is 2.07. The number of aryl methyl sites for hydroxylation is 3. The molecule has 0 radical (unpaired) electrons. The van der Waals surface area contributed by atoms with Crippen molar-refractivity contribution in [1.29, 1.82) is 0 Å². The molecular weight excluding hydrogens is 426 g/mol. The summed E-state index contributed by atoms with van der Waals surface area (Å²) in [5.74, 6) is 1.43. The van der Waals surface area contributed by atoms with Crippen LogP contribution in [0, 0.1) is 13.8 Å². The van der Waals surface area contributed by atoms with Gasteiger partial charge >= 0.3 is 0 Å². The van der Waals surface area contributed by atoms with Crippen LogP contribution in [0.25, 0.3) is 6.08 Å². The predicted octanol–water partition coefficient (Wildman–Crippen LogP) is 4.96. The third-order valence-electron chi connectivity index (χ3n) is 4.96. The Balaban J connectivity index is 1.52. The summed E-state index contributed by atoms with van der Waals surface area (Å²) in [5.41, 5.74) is 3.68. The Bertz CT molecular complexity index is 1070. The molecule has 7 heteroatoms. The van der Waals surface area contributed by atoms with Gasteiger partial charge in [-0.25, -0.2) is 0 Å². The Kier molecular flexibility index (Phi) is 8.34. The van der Waals surface area contributed by atoms with Crippen molar-refractivity contribution < 1.29 is 14.3 Å². The number of benzene rings is 2. The summed E-state index contributed by atoms with van der Waals surface area (Å²) in [6.07, 6.45) is 5.87. The number of rotatable bonds is 10. The number of para-hydroxylation sites is 1. The molecule has 3 rings (SSSR count). The average molecular weight is 454 g/mol. The van der Waals surface area contributed by atoms with E-state index in [9.17, 15) is 4.79 Å². The van der Waals surface area contributed by atoms with Crippen molar-refractivity contribution in [2.45, 2.75) is 33.4 Å². The van der Waals surface area contributed by atoms with Crippen LogP contribution in [0.5, 0.6) is 11.5 Å². The lowest BCUT2D eigenvalue weighted by atomic mass is 10.1. The molecule has 32 heavy (non-hydrogen) atoms. The van der Waals surface area contributed by atoms with Crippen molar-refractivity contribution in [3.63, 3.8) is 0 Å². The van der Waals surface area contributed by atoms with E-state index in [-0.39, 0.29) is 5.91 Å². The molecular formula is C25H28ClN3O3. The predicted molar refractivity (Wildman–Crippen MR) is 127 cm³/mol. The number of nitrogens with zero attached hydrogens (tertiary/aromatic N) is 2. The van der Waals surface area contributed by atoms with Gasteiger partial charge in [0.25, 0.3) is 0 Å². The van der Waals surface area contributed by atoms with E-state index in [0.717, 1.165) is 40.3 Å².